The summed E-state index contributed by atoms with van der Waals surface area (Å²) in [6, 6.07) is 1.44. The highest BCUT2D eigenvalue weighted by Crippen LogP contribution is 2.23. The fraction of sp³-hybridized carbons (Fsp3) is 0.538. The van der Waals surface area contributed by atoms with E-state index >= 15 is 0 Å². The number of carbonyl (C=O) groups excluding carboxylic acids is 1. The van der Waals surface area contributed by atoms with Crippen LogP contribution in [-0.4, -0.2) is 52.7 Å². The molecule has 1 atom stereocenters. The SMILES string of the molecule is O=C(O)CCN(C[C@H]1CCCO1)C(=O)c1cc(Cl)c(Cl)[nH]1. The molecular formula is C13H16Cl2N2O4. The van der Waals surface area contributed by atoms with E-state index < -0.39 is 5.97 Å². The summed E-state index contributed by atoms with van der Waals surface area (Å²) in [5.41, 5.74) is 0.244. The second kappa shape index (κ2) is 7.15. The lowest BCUT2D eigenvalue weighted by Crippen LogP contribution is -2.39. The Morgan fingerprint density at radius 3 is 2.76 bits per heavy atom. The fourth-order valence-electron chi connectivity index (χ4n) is 2.23. The van der Waals surface area contributed by atoms with Crippen molar-refractivity contribution in [2.45, 2.75) is 25.4 Å². The van der Waals surface area contributed by atoms with Crippen LogP contribution in [0.1, 0.15) is 29.8 Å². The summed E-state index contributed by atoms with van der Waals surface area (Å²) in [6.45, 7) is 1.15. The molecule has 0 unspecified atom stereocenters. The van der Waals surface area contributed by atoms with Crippen molar-refractivity contribution in [1.82, 2.24) is 9.88 Å². The Kier molecular flexibility index (Phi) is 5.50. The molecule has 0 aromatic carbocycles. The van der Waals surface area contributed by atoms with Crippen molar-refractivity contribution in [2.75, 3.05) is 19.7 Å². The summed E-state index contributed by atoms with van der Waals surface area (Å²) < 4.78 is 5.50. The second-order valence-electron chi connectivity index (χ2n) is 4.87. The smallest absolute Gasteiger partial charge is 0.305 e. The van der Waals surface area contributed by atoms with E-state index in [0.717, 1.165) is 12.8 Å². The van der Waals surface area contributed by atoms with Gasteiger partial charge in [-0.05, 0) is 18.9 Å². The molecule has 1 aromatic rings. The molecule has 116 valence electrons. The first-order chi connectivity index (χ1) is 9.97. The highest BCUT2D eigenvalue weighted by atomic mass is 35.5. The van der Waals surface area contributed by atoms with Crippen LogP contribution < -0.4 is 0 Å². The highest BCUT2D eigenvalue weighted by molar-refractivity contribution is 6.41. The Hall–Kier alpha value is -1.24. The van der Waals surface area contributed by atoms with Gasteiger partial charge in [0, 0.05) is 19.7 Å². The Bertz CT molecular complexity index is 507. The number of amides is 1. The van der Waals surface area contributed by atoms with E-state index in [1.54, 1.807) is 0 Å². The number of aromatic nitrogens is 1. The summed E-state index contributed by atoms with van der Waals surface area (Å²) in [7, 11) is 0. The van der Waals surface area contributed by atoms with E-state index in [4.69, 9.17) is 33.0 Å². The number of halogens is 2. The van der Waals surface area contributed by atoms with Crippen LogP contribution >= 0.6 is 23.2 Å². The predicted octanol–water partition coefficient (Wildman–Crippen LogP) is 2.42. The van der Waals surface area contributed by atoms with Crippen LogP contribution in [0.4, 0.5) is 0 Å². The molecule has 2 rings (SSSR count). The van der Waals surface area contributed by atoms with Crippen molar-refractivity contribution in [3.05, 3.63) is 21.9 Å². The van der Waals surface area contributed by atoms with Gasteiger partial charge in [0.05, 0.1) is 17.5 Å². The third-order valence-corrected chi connectivity index (χ3v) is 3.98. The number of carboxylic acid groups (broad SMARTS) is 1. The number of carbonyl (C=O) groups is 2. The summed E-state index contributed by atoms with van der Waals surface area (Å²) in [6.07, 6.45) is 1.64. The number of hydrogen-bond acceptors (Lipinski definition) is 3. The zero-order chi connectivity index (χ0) is 15.4. The first kappa shape index (κ1) is 16.1. The van der Waals surface area contributed by atoms with Crippen molar-refractivity contribution >= 4 is 35.1 Å². The number of ether oxygens (including phenoxy) is 1. The Morgan fingerprint density at radius 1 is 1.48 bits per heavy atom. The van der Waals surface area contributed by atoms with Crippen molar-refractivity contribution in [3.63, 3.8) is 0 Å². The minimum absolute atomic E-state index is 0.0522. The molecule has 2 heterocycles. The lowest BCUT2D eigenvalue weighted by molar-refractivity contribution is -0.137. The maximum absolute atomic E-state index is 12.4. The molecule has 8 heteroatoms. The van der Waals surface area contributed by atoms with Gasteiger partial charge in [-0.15, -0.1) is 0 Å². The van der Waals surface area contributed by atoms with Gasteiger partial charge >= 0.3 is 5.97 Å². The number of hydrogen-bond donors (Lipinski definition) is 2. The summed E-state index contributed by atoms with van der Waals surface area (Å²) in [4.78, 5) is 27.3. The molecule has 2 N–H and O–H groups in total. The molecule has 0 spiro atoms. The molecule has 1 aliphatic rings. The normalized spacial score (nSPS) is 17.9. The summed E-state index contributed by atoms with van der Waals surface area (Å²) >= 11 is 11.6. The van der Waals surface area contributed by atoms with E-state index in [0.29, 0.717) is 13.2 Å². The minimum atomic E-state index is -0.956. The first-order valence-electron chi connectivity index (χ1n) is 6.64. The standard InChI is InChI=1S/C13H16Cl2N2O4/c14-9-6-10(16-12(9)15)13(20)17(4-3-11(18)19)7-8-2-1-5-21-8/h6,8,16H,1-5,7H2,(H,18,19)/t8-/m1/s1. The van der Waals surface area contributed by atoms with Crippen LogP contribution in [0.5, 0.6) is 0 Å². The number of nitrogens with zero attached hydrogens (tertiary/aromatic N) is 1. The zero-order valence-corrected chi connectivity index (χ0v) is 12.8. The van der Waals surface area contributed by atoms with Gasteiger partial charge < -0.3 is 19.7 Å². The monoisotopic (exact) mass is 334 g/mol. The predicted molar refractivity (Wildman–Crippen MR) is 77.9 cm³/mol. The molecule has 6 nitrogen and oxygen atoms in total. The first-order valence-corrected chi connectivity index (χ1v) is 7.39. The summed E-state index contributed by atoms with van der Waals surface area (Å²) in [5.74, 6) is -1.29. The number of rotatable bonds is 6. The van der Waals surface area contributed by atoms with Gasteiger partial charge in [0.25, 0.3) is 5.91 Å². The van der Waals surface area contributed by atoms with Gasteiger partial charge in [0.1, 0.15) is 10.8 Å². The maximum atomic E-state index is 12.4. The van der Waals surface area contributed by atoms with Gasteiger partial charge in [0.15, 0.2) is 0 Å². The number of nitrogens with one attached hydrogen (secondary N) is 1. The topological polar surface area (TPSA) is 82.6 Å². The molecule has 0 aliphatic carbocycles. The van der Waals surface area contributed by atoms with Crippen molar-refractivity contribution in [3.8, 4) is 0 Å². The fourth-order valence-corrected chi connectivity index (χ4v) is 2.54. The average Bonchev–Trinajstić information content (AvgIpc) is 3.04. The largest absolute Gasteiger partial charge is 0.481 e. The maximum Gasteiger partial charge on any atom is 0.305 e. The number of aromatic amines is 1. The lowest BCUT2D eigenvalue weighted by Gasteiger charge is -2.24. The van der Waals surface area contributed by atoms with E-state index in [-0.39, 0.29) is 40.8 Å². The highest BCUT2D eigenvalue weighted by Gasteiger charge is 2.25. The van der Waals surface area contributed by atoms with Crippen molar-refractivity contribution in [1.29, 1.82) is 0 Å². The minimum Gasteiger partial charge on any atom is -0.481 e. The third-order valence-electron chi connectivity index (χ3n) is 3.29. The molecule has 21 heavy (non-hydrogen) atoms. The van der Waals surface area contributed by atoms with Gasteiger partial charge in [-0.3, -0.25) is 9.59 Å². The van der Waals surface area contributed by atoms with Crippen LogP contribution in [0.3, 0.4) is 0 Å². The van der Waals surface area contributed by atoms with Crippen molar-refractivity contribution in [2.24, 2.45) is 0 Å². The molecule has 0 bridgehead atoms. The van der Waals surface area contributed by atoms with Crippen LogP contribution in [0.25, 0.3) is 0 Å². The Labute approximate surface area is 132 Å². The molecule has 0 saturated carbocycles. The second-order valence-corrected chi connectivity index (χ2v) is 5.66. The molecule has 1 saturated heterocycles. The van der Waals surface area contributed by atoms with Crippen molar-refractivity contribution < 1.29 is 19.4 Å². The summed E-state index contributed by atoms with van der Waals surface area (Å²) in [5, 5.41) is 9.25. The lowest BCUT2D eigenvalue weighted by atomic mass is 10.2. The van der Waals surface area contributed by atoms with Crippen LogP contribution in [0.2, 0.25) is 10.2 Å². The molecule has 1 aliphatic heterocycles. The molecule has 1 amide bonds. The molecule has 0 radical (unpaired) electrons. The van der Waals surface area contributed by atoms with Gasteiger partial charge in [0.2, 0.25) is 0 Å². The number of aliphatic carboxylic acids is 1. The van der Waals surface area contributed by atoms with Crippen LogP contribution in [0.15, 0.2) is 6.07 Å². The quantitative estimate of drug-likeness (QED) is 0.836. The van der Waals surface area contributed by atoms with E-state index in [9.17, 15) is 9.59 Å². The van der Waals surface area contributed by atoms with E-state index in [1.807, 2.05) is 0 Å². The number of carboxylic acids is 1. The zero-order valence-electron chi connectivity index (χ0n) is 11.3. The Morgan fingerprint density at radius 2 is 2.24 bits per heavy atom. The number of H-pyrrole nitrogens is 1. The van der Waals surface area contributed by atoms with E-state index in [2.05, 4.69) is 4.98 Å². The van der Waals surface area contributed by atoms with E-state index in [1.165, 1.54) is 11.0 Å². The molecule has 1 aromatic heterocycles. The third kappa shape index (κ3) is 4.36. The molecule has 1 fully saturated rings. The van der Waals surface area contributed by atoms with Gasteiger partial charge in [-0.1, -0.05) is 23.2 Å². The average molecular weight is 335 g/mol. The van der Waals surface area contributed by atoms with Gasteiger partial charge in [-0.25, -0.2) is 0 Å². The van der Waals surface area contributed by atoms with Crippen LogP contribution in [-0.2, 0) is 9.53 Å². The van der Waals surface area contributed by atoms with Gasteiger partial charge in [-0.2, -0.15) is 0 Å². The van der Waals surface area contributed by atoms with Crippen LogP contribution in [0, 0.1) is 0 Å². The Balaban J connectivity index is 2.08. The molecular weight excluding hydrogens is 319 g/mol.